The fourth-order valence-corrected chi connectivity index (χ4v) is 1.60. The van der Waals surface area contributed by atoms with E-state index in [2.05, 4.69) is 10.2 Å². The third kappa shape index (κ3) is 5.68. The van der Waals surface area contributed by atoms with Gasteiger partial charge in [-0.15, -0.1) is 0 Å². The molecule has 0 aliphatic carbocycles. The van der Waals surface area contributed by atoms with E-state index in [0.717, 1.165) is 12.2 Å². The Hall–Kier alpha value is -1.55. The van der Waals surface area contributed by atoms with Gasteiger partial charge in [0.1, 0.15) is 0 Å². The molecule has 0 spiro atoms. The third-order valence-electron chi connectivity index (χ3n) is 2.76. The van der Waals surface area contributed by atoms with Gasteiger partial charge in [0, 0.05) is 32.2 Å². The van der Waals surface area contributed by atoms with E-state index in [4.69, 9.17) is 5.11 Å². The molecule has 0 aliphatic rings. The summed E-state index contributed by atoms with van der Waals surface area (Å²) in [7, 11) is 2.00. The Kier molecular flexibility index (Phi) is 6.22. The number of amides is 1. The van der Waals surface area contributed by atoms with Gasteiger partial charge in [0.2, 0.25) is 5.91 Å². The summed E-state index contributed by atoms with van der Waals surface area (Å²) >= 11 is 0. The van der Waals surface area contributed by atoms with Gasteiger partial charge < -0.3 is 15.3 Å². The van der Waals surface area contributed by atoms with Crippen molar-refractivity contribution in [1.29, 1.82) is 0 Å². The molecule has 0 heterocycles. The van der Waals surface area contributed by atoms with Gasteiger partial charge in [-0.2, -0.15) is 0 Å². The Morgan fingerprint density at radius 3 is 2.67 bits per heavy atom. The Labute approximate surface area is 109 Å². The monoisotopic (exact) mass is 250 g/mol. The number of carbonyl (C=O) groups is 1. The van der Waals surface area contributed by atoms with Crippen molar-refractivity contribution in [2.45, 2.75) is 25.9 Å². The molecule has 0 fully saturated rings. The average Bonchev–Trinajstić information content (AvgIpc) is 2.37. The largest absolute Gasteiger partial charge is 0.393 e. The lowest BCUT2D eigenvalue weighted by molar-refractivity contribution is -0.121. The molecule has 100 valence electrons. The smallest absolute Gasteiger partial charge is 0.220 e. The first-order valence-electron chi connectivity index (χ1n) is 6.30. The zero-order valence-electron chi connectivity index (χ0n) is 11.1. The van der Waals surface area contributed by atoms with E-state index in [-0.39, 0.29) is 5.91 Å². The maximum absolute atomic E-state index is 11.4. The highest BCUT2D eigenvalue weighted by atomic mass is 16.3. The van der Waals surface area contributed by atoms with E-state index < -0.39 is 6.10 Å². The summed E-state index contributed by atoms with van der Waals surface area (Å²) in [5.74, 6) is -0.00244. The summed E-state index contributed by atoms with van der Waals surface area (Å²) in [6.07, 6.45) is 0.482. The van der Waals surface area contributed by atoms with Crippen LogP contribution in [0.1, 0.15) is 19.8 Å². The molecule has 18 heavy (non-hydrogen) atoms. The van der Waals surface area contributed by atoms with Crippen LogP contribution in [0.15, 0.2) is 30.3 Å². The van der Waals surface area contributed by atoms with Crippen molar-refractivity contribution in [3.63, 3.8) is 0 Å². The minimum Gasteiger partial charge on any atom is -0.393 e. The zero-order chi connectivity index (χ0) is 13.4. The van der Waals surface area contributed by atoms with Crippen LogP contribution in [0.25, 0.3) is 0 Å². The molecule has 4 nitrogen and oxygen atoms in total. The quantitative estimate of drug-likeness (QED) is 0.769. The molecule has 2 N–H and O–H groups in total. The molecule has 1 rings (SSSR count). The molecule has 1 aromatic rings. The van der Waals surface area contributed by atoms with E-state index in [9.17, 15) is 4.79 Å². The van der Waals surface area contributed by atoms with E-state index in [1.54, 1.807) is 6.92 Å². The minimum atomic E-state index is -0.414. The van der Waals surface area contributed by atoms with Gasteiger partial charge in [-0.1, -0.05) is 18.2 Å². The second kappa shape index (κ2) is 7.71. The second-order valence-electron chi connectivity index (χ2n) is 4.49. The van der Waals surface area contributed by atoms with Crippen LogP contribution in [0.2, 0.25) is 0 Å². The molecular weight excluding hydrogens is 228 g/mol. The molecule has 0 bridgehead atoms. The molecule has 1 aromatic carbocycles. The number of nitrogens with one attached hydrogen (secondary N) is 1. The predicted octanol–water partition coefficient (Wildman–Crippen LogP) is 1.40. The van der Waals surface area contributed by atoms with E-state index in [1.807, 2.05) is 37.4 Å². The fourth-order valence-electron chi connectivity index (χ4n) is 1.60. The fraction of sp³-hybridized carbons (Fsp3) is 0.500. The zero-order valence-corrected chi connectivity index (χ0v) is 11.1. The second-order valence-corrected chi connectivity index (χ2v) is 4.49. The summed E-state index contributed by atoms with van der Waals surface area (Å²) < 4.78 is 0. The number of likely N-dealkylation sites (N-methyl/N-ethyl adjacent to an activating group) is 1. The van der Waals surface area contributed by atoms with Crippen molar-refractivity contribution < 1.29 is 9.90 Å². The summed E-state index contributed by atoms with van der Waals surface area (Å²) in [5.41, 5.74) is 1.13. The van der Waals surface area contributed by atoms with Gasteiger partial charge in [0.15, 0.2) is 0 Å². The van der Waals surface area contributed by atoms with Crippen molar-refractivity contribution >= 4 is 11.6 Å². The Morgan fingerprint density at radius 1 is 1.39 bits per heavy atom. The minimum absolute atomic E-state index is 0.00244. The lowest BCUT2D eigenvalue weighted by Crippen LogP contribution is -2.33. The number of benzene rings is 1. The number of para-hydroxylation sites is 1. The van der Waals surface area contributed by atoms with Crippen molar-refractivity contribution in [3.05, 3.63) is 30.3 Å². The van der Waals surface area contributed by atoms with E-state index >= 15 is 0 Å². The van der Waals surface area contributed by atoms with Gasteiger partial charge in [-0.05, 0) is 25.5 Å². The summed E-state index contributed by atoms with van der Waals surface area (Å²) in [6.45, 7) is 3.07. The average molecular weight is 250 g/mol. The van der Waals surface area contributed by atoms with Crippen LogP contribution in [0.5, 0.6) is 0 Å². The van der Waals surface area contributed by atoms with Crippen molar-refractivity contribution in [3.8, 4) is 0 Å². The number of hydrogen-bond acceptors (Lipinski definition) is 3. The number of nitrogens with zero attached hydrogens (tertiary/aromatic N) is 1. The van der Waals surface area contributed by atoms with E-state index in [0.29, 0.717) is 19.4 Å². The van der Waals surface area contributed by atoms with Crippen molar-refractivity contribution in [2.75, 3.05) is 25.0 Å². The molecule has 0 radical (unpaired) electrons. The van der Waals surface area contributed by atoms with Crippen LogP contribution < -0.4 is 10.2 Å². The molecule has 0 aliphatic heterocycles. The first kappa shape index (κ1) is 14.5. The molecule has 4 heteroatoms. The van der Waals surface area contributed by atoms with Crippen LogP contribution in [-0.2, 0) is 4.79 Å². The molecule has 1 unspecified atom stereocenters. The molecule has 0 aromatic heterocycles. The Morgan fingerprint density at radius 2 is 2.06 bits per heavy atom. The SMILES string of the molecule is CC(O)CCC(=O)NCCN(C)c1ccccc1. The number of aliphatic hydroxyl groups is 1. The number of hydrogen-bond donors (Lipinski definition) is 2. The summed E-state index contributed by atoms with van der Waals surface area (Å²) in [6, 6.07) is 10.0. The van der Waals surface area contributed by atoms with Crippen molar-refractivity contribution in [2.24, 2.45) is 0 Å². The number of carbonyl (C=O) groups excluding carboxylic acids is 1. The van der Waals surface area contributed by atoms with Crippen LogP contribution >= 0.6 is 0 Å². The first-order chi connectivity index (χ1) is 8.59. The van der Waals surface area contributed by atoms with Crippen LogP contribution in [0, 0.1) is 0 Å². The lowest BCUT2D eigenvalue weighted by Gasteiger charge is -2.19. The van der Waals surface area contributed by atoms with E-state index in [1.165, 1.54) is 0 Å². The lowest BCUT2D eigenvalue weighted by atomic mass is 10.2. The van der Waals surface area contributed by atoms with Crippen LogP contribution in [-0.4, -0.2) is 37.3 Å². The standard InChI is InChI=1S/C14H22N2O2/c1-12(17)8-9-14(18)15-10-11-16(2)13-6-4-3-5-7-13/h3-7,12,17H,8-11H2,1-2H3,(H,15,18). The Balaban J connectivity index is 2.19. The summed E-state index contributed by atoms with van der Waals surface area (Å²) in [4.78, 5) is 13.5. The van der Waals surface area contributed by atoms with Gasteiger partial charge in [-0.25, -0.2) is 0 Å². The normalized spacial score (nSPS) is 11.9. The molecule has 1 amide bonds. The third-order valence-corrected chi connectivity index (χ3v) is 2.76. The first-order valence-corrected chi connectivity index (χ1v) is 6.30. The number of rotatable bonds is 7. The maximum Gasteiger partial charge on any atom is 0.220 e. The van der Waals surface area contributed by atoms with Gasteiger partial charge in [0.25, 0.3) is 0 Å². The summed E-state index contributed by atoms with van der Waals surface area (Å²) in [5, 5.41) is 11.9. The van der Waals surface area contributed by atoms with Gasteiger partial charge in [-0.3, -0.25) is 4.79 Å². The molecule has 1 atom stereocenters. The van der Waals surface area contributed by atoms with Crippen LogP contribution in [0.3, 0.4) is 0 Å². The maximum atomic E-state index is 11.4. The van der Waals surface area contributed by atoms with Crippen LogP contribution in [0.4, 0.5) is 5.69 Å². The highest BCUT2D eigenvalue weighted by Gasteiger charge is 2.04. The topological polar surface area (TPSA) is 52.6 Å². The highest BCUT2D eigenvalue weighted by Crippen LogP contribution is 2.09. The highest BCUT2D eigenvalue weighted by molar-refractivity contribution is 5.75. The van der Waals surface area contributed by atoms with Gasteiger partial charge >= 0.3 is 0 Å². The molecule has 0 saturated heterocycles. The number of aliphatic hydroxyl groups excluding tert-OH is 1. The predicted molar refractivity (Wildman–Crippen MR) is 73.6 cm³/mol. The molecular formula is C14H22N2O2. The number of anilines is 1. The molecule has 0 saturated carbocycles. The van der Waals surface area contributed by atoms with Crippen molar-refractivity contribution in [1.82, 2.24) is 5.32 Å². The Bertz CT molecular complexity index is 352. The van der Waals surface area contributed by atoms with Gasteiger partial charge in [0.05, 0.1) is 6.10 Å².